The van der Waals surface area contributed by atoms with Crippen molar-refractivity contribution in [2.24, 2.45) is 0 Å². The second-order valence-electron chi connectivity index (χ2n) is 19.9. The molecule has 0 rings (SSSR count). The summed E-state index contributed by atoms with van der Waals surface area (Å²) in [5, 5.41) is 0. The molecule has 0 aliphatic heterocycles. The second kappa shape index (κ2) is 61.9. The van der Waals surface area contributed by atoms with Crippen molar-refractivity contribution in [2.75, 3.05) is 19.8 Å². The van der Waals surface area contributed by atoms with E-state index in [1.165, 1.54) is 154 Å². The van der Waals surface area contributed by atoms with Crippen LogP contribution in [0.15, 0.2) is 109 Å². The molecule has 0 aromatic rings. The summed E-state index contributed by atoms with van der Waals surface area (Å²) in [4.78, 5) is 25.6. The number of hydrogen-bond acceptors (Lipinski definition) is 5. The molecule has 0 fully saturated rings. The van der Waals surface area contributed by atoms with Gasteiger partial charge in [-0.25, -0.2) is 0 Å². The Morgan fingerprint density at radius 2 is 0.639 bits per heavy atom. The maximum absolute atomic E-state index is 12.9. The van der Waals surface area contributed by atoms with Gasteiger partial charge in [0.2, 0.25) is 0 Å². The highest BCUT2D eigenvalue weighted by Gasteiger charge is 2.17. The number of carbonyl (C=O) groups excluding carboxylic acids is 2. The van der Waals surface area contributed by atoms with Crippen LogP contribution in [0.5, 0.6) is 0 Å². The molecule has 5 heteroatoms. The fraction of sp³-hybridized carbons (Fsp3) is 0.701. The fourth-order valence-corrected chi connectivity index (χ4v) is 8.25. The second-order valence-corrected chi connectivity index (χ2v) is 19.9. The Kier molecular flexibility index (Phi) is 58.9. The van der Waals surface area contributed by atoms with Crippen LogP contribution in [0.4, 0.5) is 0 Å². The Morgan fingerprint density at radius 1 is 0.319 bits per heavy atom. The molecule has 0 N–H and O–H groups in total. The molecule has 0 bridgehead atoms. The van der Waals surface area contributed by atoms with E-state index in [1.54, 1.807) is 0 Å². The lowest BCUT2D eigenvalue weighted by Crippen LogP contribution is -2.30. The van der Waals surface area contributed by atoms with Crippen LogP contribution in [0, 0.1) is 0 Å². The van der Waals surface area contributed by atoms with Gasteiger partial charge >= 0.3 is 11.9 Å². The van der Waals surface area contributed by atoms with Gasteiger partial charge in [-0.1, -0.05) is 252 Å². The van der Waals surface area contributed by atoms with E-state index in [0.29, 0.717) is 19.4 Å². The van der Waals surface area contributed by atoms with E-state index < -0.39 is 6.10 Å². The maximum atomic E-state index is 12.9. The first kappa shape index (κ1) is 68.6. The molecule has 0 aliphatic carbocycles. The van der Waals surface area contributed by atoms with Gasteiger partial charge in [0.05, 0.1) is 6.61 Å². The average Bonchev–Trinajstić information content (AvgIpc) is 3.38. The van der Waals surface area contributed by atoms with Crippen LogP contribution in [0.1, 0.15) is 278 Å². The van der Waals surface area contributed by atoms with Crippen molar-refractivity contribution in [1.29, 1.82) is 0 Å². The standard InChI is InChI=1S/C67H114O5/c1-4-7-10-13-16-19-22-25-28-31-33-35-38-41-44-47-50-53-56-59-62-70-63-65(72-67(69)61-58-55-52-49-46-43-40-36-30-27-24-21-18-15-12-9-6-3)64-71-66(68)60-57-54-51-48-45-42-39-37-34-32-29-26-23-20-17-14-11-8-5-2/h9,12,16,18-19,21,25-30,33,35,40,43,49,52,65H,4-8,10-11,13-15,17,20,22-24,31-32,34,36-39,41-42,44-48,50-51,53-64H2,1-3H3/b12-9-,19-16-,21-18-,28-25-,29-26-,30-27-,35-33-,43-40-,52-49-. The summed E-state index contributed by atoms with van der Waals surface area (Å²) in [5.74, 6) is -0.470. The third-order valence-corrected chi connectivity index (χ3v) is 12.8. The van der Waals surface area contributed by atoms with Crippen LogP contribution in [0.2, 0.25) is 0 Å². The zero-order valence-corrected chi connectivity index (χ0v) is 47.4. The molecule has 1 unspecified atom stereocenters. The molecule has 0 aromatic heterocycles. The predicted octanol–water partition coefficient (Wildman–Crippen LogP) is 21.1. The van der Waals surface area contributed by atoms with E-state index in [-0.39, 0.29) is 25.2 Å². The first-order chi connectivity index (χ1) is 35.6. The third-order valence-electron chi connectivity index (χ3n) is 12.8. The van der Waals surface area contributed by atoms with Crippen LogP contribution < -0.4 is 0 Å². The molecule has 0 saturated heterocycles. The molecule has 72 heavy (non-hydrogen) atoms. The van der Waals surface area contributed by atoms with E-state index >= 15 is 0 Å². The predicted molar refractivity (Wildman–Crippen MR) is 316 cm³/mol. The highest BCUT2D eigenvalue weighted by molar-refractivity contribution is 5.70. The van der Waals surface area contributed by atoms with Gasteiger partial charge in [-0.05, 0) is 122 Å². The number of esters is 2. The van der Waals surface area contributed by atoms with E-state index in [0.717, 1.165) is 89.9 Å². The molecule has 0 heterocycles. The molecule has 1 atom stereocenters. The smallest absolute Gasteiger partial charge is 0.306 e. The molecule has 0 amide bonds. The van der Waals surface area contributed by atoms with E-state index in [9.17, 15) is 9.59 Å². The van der Waals surface area contributed by atoms with Crippen molar-refractivity contribution in [3.05, 3.63) is 109 Å². The van der Waals surface area contributed by atoms with Crippen molar-refractivity contribution in [2.45, 2.75) is 284 Å². The Morgan fingerprint density at radius 3 is 1.08 bits per heavy atom. The molecule has 0 spiro atoms. The Labute approximate surface area is 446 Å². The third kappa shape index (κ3) is 59.1. The van der Waals surface area contributed by atoms with Crippen molar-refractivity contribution in [3.8, 4) is 0 Å². The highest BCUT2D eigenvalue weighted by atomic mass is 16.6. The number of ether oxygens (including phenoxy) is 3. The summed E-state index contributed by atoms with van der Waals surface area (Å²) in [7, 11) is 0. The van der Waals surface area contributed by atoms with Crippen LogP contribution in [0.25, 0.3) is 0 Å². The maximum Gasteiger partial charge on any atom is 0.306 e. The summed E-state index contributed by atoms with van der Waals surface area (Å²) in [5.41, 5.74) is 0. The van der Waals surface area contributed by atoms with Crippen LogP contribution in [-0.2, 0) is 23.8 Å². The van der Waals surface area contributed by atoms with Crippen molar-refractivity contribution >= 4 is 11.9 Å². The van der Waals surface area contributed by atoms with E-state index in [4.69, 9.17) is 14.2 Å². The summed E-state index contributed by atoms with van der Waals surface area (Å²) in [6, 6.07) is 0. The zero-order chi connectivity index (χ0) is 52.0. The van der Waals surface area contributed by atoms with Gasteiger partial charge in [-0.2, -0.15) is 0 Å². The number of rotatable bonds is 55. The van der Waals surface area contributed by atoms with Crippen LogP contribution in [0.3, 0.4) is 0 Å². The number of unbranched alkanes of at least 4 members (excludes halogenated alkanes) is 26. The lowest BCUT2D eigenvalue weighted by molar-refractivity contribution is -0.162. The lowest BCUT2D eigenvalue weighted by Gasteiger charge is -2.18. The minimum atomic E-state index is -0.580. The summed E-state index contributed by atoms with van der Waals surface area (Å²) >= 11 is 0. The quantitative estimate of drug-likeness (QED) is 0.0345. The van der Waals surface area contributed by atoms with E-state index in [2.05, 4.69) is 130 Å². The number of hydrogen-bond donors (Lipinski definition) is 0. The fourth-order valence-electron chi connectivity index (χ4n) is 8.25. The first-order valence-electron chi connectivity index (χ1n) is 30.4. The number of allylic oxidation sites excluding steroid dienone is 18. The zero-order valence-electron chi connectivity index (χ0n) is 47.4. The van der Waals surface area contributed by atoms with Gasteiger partial charge in [-0.15, -0.1) is 0 Å². The molecule has 5 nitrogen and oxygen atoms in total. The SMILES string of the molecule is CC/C=C\C/C=C\C/C=C\C/C=C\C/C=C\CCCC(=O)OC(COCCCCCCCCC/C=C\C/C=C\C/C=C\CCCCC)COC(=O)CCCCCCCCCCC/C=C\CCCCCCCC. The topological polar surface area (TPSA) is 61.8 Å². The molecule has 0 saturated carbocycles. The van der Waals surface area contributed by atoms with Crippen molar-refractivity contribution < 1.29 is 23.8 Å². The summed E-state index contributed by atoms with van der Waals surface area (Å²) in [6.07, 6.45) is 85.5. The summed E-state index contributed by atoms with van der Waals surface area (Å²) < 4.78 is 17.5. The van der Waals surface area contributed by atoms with Gasteiger partial charge in [0.25, 0.3) is 0 Å². The normalized spacial score (nSPS) is 13.0. The molecule has 0 aromatic carbocycles. The van der Waals surface area contributed by atoms with Gasteiger partial charge in [0.15, 0.2) is 6.10 Å². The lowest BCUT2D eigenvalue weighted by atomic mass is 10.1. The molecule has 0 radical (unpaired) electrons. The largest absolute Gasteiger partial charge is 0.462 e. The van der Waals surface area contributed by atoms with Crippen LogP contribution >= 0.6 is 0 Å². The molecule has 412 valence electrons. The van der Waals surface area contributed by atoms with Gasteiger partial charge in [0, 0.05) is 19.4 Å². The molecule has 0 aliphatic rings. The summed E-state index contributed by atoms with van der Waals surface area (Å²) in [6.45, 7) is 7.62. The van der Waals surface area contributed by atoms with Gasteiger partial charge in [-0.3, -0.25) is 9.59 Å². The highest BCUT2D eigenvalue weighted by Crippen LogP contribution is 2.14. The van der Waals surface area contributed by atoms with Crippen LogP contribution in [-0.4, -0.2) is 37.9 Å². The minimum absolute atomic E-state index is 0.0526. The Balaban J connectivity index is 4.39. The van der Waals surface area contributed by atoms with Crippen molar-refractivity contribution in [3.63, 3.8) is 0 Å². The minimum Gasteiger partial charge on any atom is -0.462 e. The van der Waals surface area contributed by atoms with E-state index in [1.807, 2.05) is 0 Å². The molecular formula is C67H114O5. The van der Waals surface area contributed by atoms with Gasteiger partial charge in [0.1, 0.15) is 6.61 Å². The van der Waals surface area contributed by atoms with Gasteiger partial charge < -0.3 is 14.2 Å². The number of carbonyl (C=O) groups is 2. The van der Waals surface area contributed by atoms with Crippen molar-refractivity contribution in [1.82, 2.24) is 0 Å². The Bertz CT molecular complexity index is 1410. The Hall–Kier alpha value is -3.44. The molecular weight excluding hydrogens is 885 g/mol. The first-order valence-corrected chi connectivity index (χ1v) is 30.4. The monoisotopic (exact) mass is 999 g/mol. The average molecular weight is 1000 g/mol.